The van der Waals surface area contributed by atoms with Crippen molar-refractivity contribution in [1.82, 2.24) is 14.5 Å². The van der Waals surface area contributed by atoms with Gasteiger partial charge in [-0.3, -0.25) is 14.3 Å². The van der Waals surface area contributed by atoms with Crippen LogP contribution < -0.4 is 5.56 Å². The molecule has 0 fully saturated rings. The third-order valence-corrected chi connectivity index (χ3v) is 4.07. The van der Waals surface area contributed by atoms with Crippen molar-refractivity contribution in [3.8, 4) is 0 Å². The molecule has 0 bridgehead atoms. The lowest BCUT2D eigenvalue weighted by molar-refractivity contribution is 0.732. The predicted octanol–water partition coefficient (Wildman–Crippen LogP) is 2.87. The third-order valence-electron chi connectivity index (χ3n) is 2.92. The van der Waals surface area contributed by atoms with Crippen LogP contribution in [0.2, 0.25) is 0 Å². The van der Waals surface area contributed by atoms with E-state index in [4.69, 9.17) is 12.2 Å². The molecule has 0 saturated heterocycles. The molecule has 0 amide bonds. The van der Waals surface area contributed by atoms with Gasteiger partial charge in [0, 0.05) is 11.9 Å². The largest absolute Gasteiger partial charge is 0.323 e. The highest BCUT2D eigenvalue weighted by atomic mass is 32.1. The number of H-pyrrole nitrogens is 1. The van der Waals surface area contributed by atoms with Crippen LogP contribution in [0.4, 0.5) is 0 Å². The molecular weight excluding hydrogens is 278 g/mol. The molecule has 0 radical (unpaired) electrons. The molecule has 0 spiro atoms. The zero-order valence-electron chi connectivity index (χ0n) is 10.2. The highest BCUT2D eigenvalue weighted by molar-refractivity contribution is 7.71. The number of hydrogen-bond acceptors (Lipinski definition) is 4. The molecule has 3 rings (SSSR count). The van der Waals surface area contributed by atoms with E-state index in [-0.39, 0.29) is 5.56 Å². The van der Waals surface area contributed by atoms with Gasteiger partial charge in [-0.05, 0) is 42.2 Å². The number of rotatable bonds is 2. The van der Waals surface area contributed by atoms with Crippen LogP contribution in [0, 0.1) is 11.7 Å². The average molecular weight is 289 g/mol. The summed E-state index contributed by atoms with van der Waals surface area (Å²) in [5.41, 5.74) is 1.86. The molecule has 0 saturated carbocycles. The maximum Gasteiger partial charge on any atom is 0.263 e. The molecule has 96 valence electrons. The van der Waals surface area contributed by atoms with Crippen molar-refractivity contribution in [1.29, 1.82) is 0 Å². The van der Waals surface area contributed by atoms with Gasteiger partial charge in [0.1, 0.15) is 4.83 Å². The molecule has 3 aromatic heterocycles. The number of fused-ring (bicyclic) bond motifs is 1. The summed E-state index contributed by atoms with van der Waals surface area (Å²) in [7, 11) is 0. The summed E-state index contributed by atoms with van der Waals surface area (Å²) in [4.78, 5) is 20.5. The first-order valence-electron chi connectivity index (χ1n) is 5.77. The summed E-state index contributed by atoms with van der Waals surface area (Å²) < 4.78 is 2.01. The maximum atomic E-state index is 12.3. The van der Waals surface area contributed by atoms with Crippen molar-refractivity contribution in [2.24, 2.45) is 0 Å². The van der Waals surface area contributed by atoms with E-state index in [1.165, 1.54) is 11.3 Å². The lowest BCUT2D eigenvalue weighted by atomic mass is 10.2. The van der Waals surface area contributed by atoms with Crippen molar-refractivity contribution in [2.75, 3.05) is 0 Å². The molecule has 0 aliphatic heterocycles. The minimum atomic E-state index is -0.0550. The Bertz CT molecular complexity index is 843. The van der Waals surface area contributed by atoms with E-state index < -0.39 is 0 Å². The fraction of sp³-hybridized carbons (Fsp3) is 0.154. The van der Waals surface area contributed by atoms with Crippen LogP contribution >= 0.6 is 23.6 Å². The second kappa shape index (κ2) is 4.71. The standard InChI is InChI=1S/C13H11N3OS2/c1-8-2-3-9(6-14-8)7-16-12(17)10-4-5-19-11(10)15-13(16)18/h2-6H,7H2,1H3,(H,15,18). The zero-order valence-corrected chi connectivity index (χ0v) is 11.8. The van der Waals surface area contributed by atoms with Gasteiger partial charge in [-0.2, -0.15) is 0 Å². The Morgan fingerprint density at radius 2 is 2.26 bits per heavy atom. The van der Waals surface area contributed by atoms with Crippen molar-refractivity contribution in [3.05, 3.63) is 56.2 Å². The molecule has 0 aromatic carbocycles. The Hall–Kier alpha value is -1.79. The lowest BCUT2D eigenvalue weighted by Gasteiger charge is -2.06. The van der Waals surface area contributed by atoms with E-state index in [0.29, 0.717) is 16.7 Å². The third kappa shape index (κ3) is 2.24. The maximum absolute atomic E-state index is 12.3. The van der Waals surface area contributed by atoms with Gasteiger partial charge in [-0.1, -0.05) is 6.07 Å². The minimum Gasteiger partial charge on any atom is -0.323 e. The van der Waals surface area contributed by atoms with Gasteiger partial charge < -0.3 is 4.98 Å². The topological polar surface area (TPSA) is 50.7 Å². The zero-order chi connectivity index (χ0) is 13.4. The van der Waals surface area contributed by atoms with Gasteiger partial charge in [-0.25, -0.2) is 0 Å². The van der Waals surface area contributed by atoms with Crippen molar-refractivity contribution >= 4 is 33.8 Å². The Morgan fingerprint density at radius 1 is 1.42 bits per heavy atom. The number of thiophene rings is 1. The van der Waals surface area contributed by atoms with E-state index in [9.17, 15) is 4.79 Å². The van der Waals surface area contributed by atoms with Gasteiger partial charge in [0.2, 0.25) is 0 Å². The summed E-state index contributed by atoms with van der Waals surface area (Å²) in [6.45, 7) is 2.37. The first-order chi connectivity index (χ1) is 9.15. The summed E-state index contributed by atoms with van der Waals surface area (Å²) >= 11 is 6.74. The average Bonchev–Trinajstić information content (AvgIpc) is 2.85. The summed E-state index contributed by atoms with van der Waals surface area (Å²) in [5, 5.41) is 2.56. The van der Waals surface area contributed by atoms with Crippen LogP contribution in [-0.2, 0) is 6.54 Å². The van der Waals surface area contributed by atoms with Crippen molar-refractivity contribution in [3.63, 3.8) is 0 Å². The van der Waals surface area contributed by atoms with Crippen LogP contribution in [0.25, 0.3) is 10.2 Å². The van der Waals surface area contributed by atoms with Gasteiger partial charge in [-0.15, -0.1) is 11.3 Å². The van der Waals surface area contributed by atoms with Gasteiger partial charge in [0.05, 0.1) is 11.9 Å². The molecule has 0 unspecified atom stereocenters. The first kappa shape index (κ1) is 12.3. The van der Waals surface area contributed by atoms with E-state index in [0.717, 1.165) is 16.1 Å². The number of aromatic amines is 1. The number of pyridine rings is 1. The summed E-state index contributed by atoms with van der Waals surface area (Å²) in [6.07, 6.45) is 1.77. The molecule has 4 nitrogen and oxygen atoms in total. The van der Waals surface area contributed by atoms with E-state index in [2.05, 4.69) is 9.97 Å². The SMILES string of the molecule is Cc1ccc(Cn2c(=S)[nH]c3sccc3c2=O)cn1. The van der Waals surface area contributed by atoms with Crippen LogP contribution in [-0.4, -0.2) is 14.5 Å². The quantitative estimate of drug-likeness (QED) is 0.738. The summed E-state index contributed by atoms with van der Waals surface area (Å²) in [5.74, 6) is 0. The van der Waals surface area contributed by atoms with Crippen LogP contribution in [0.3, 0.4) is 0 Å². The Kier molecular flexibility index (Phi) is 3.04. The summed E-state index contributed by atoms with van der Waals surface area (Å²) in [6, 6.07) is 5.70. The molecular formula is C13H11N3OS2. The fourth-order valence-corrected chi connectivity index (χ4v) is 2.99. The smallest absolute Gasteiger partial charge is 0.263 e. The Labute approximate surface area is 118 Å². The number of nitrogens with zero attached hydrogens (tertiary/aromatic N) is 2. The normalized spacial score (nSPS) is 11.0. The number of aryl methyl sites for hydroxylation is 1. The van der Waals surface area contributed by atoms with Crippen molar-refractivity contribution < 1.29 is 0 Å². The lowest BCUT2D eigenvalue weighted by Crippen LogP contribution is -2.22. The second-order valence-electron chi connectivity index (χ2n) is 4.29. The highest BCUT2D eigenvalue weighted by Crippen LogP contribution is 2.14. The highest BCUT2D eigenvalue weighted by Gasteiger charge is 2.07. The number of nitrogens with one attached hydrogen (secondary N) is 1. The molecule has 3 heterocycles. The molecule has 6 heteroatoms. The molecule has 0 atom stereocenters. The fourth-order valence-electron chi connectivity index (χ4n) is 1.89. The molecule has 1 N–H and O–H groups in total. The Balaban J connectivity index is 2.12. The van der Waals surface area contributed by atoms with Crippen LogP contribution in [0.15, 0.2) is 34.6 Å². The number of aromatic nitrogens is 3. The first-order valence-corrected chi connectivity index (χ1v) is 7.06. The molecule has 19 heavy (non-hydrogen) atoms. The monoisotopic (exact) mass is 289 g/mol. The predicted molar refractivity (Wildman–Crippen MR) is 79.3 cm³/mol. The van der Waals surface area contributed by atoms with E-state index >= 15 is 0 Å². The second-order valence-corrected chi connectivity index (χ2v) is 5.60. The minimum absolute atomic E-state index is 0.0550. The number of hydrogen-bond donors (Lipinski definition) is 1. The molecule has 0 aliphatic rings. The molecule has 3 aromatic rings. The van der Waals surface area contributed by atoms with Crippen molar-refractivity contribution in [2.45, 2.75) is 13.5 Å². The van der Waals surface area contributed by atoms with E-state index in [1.54, 1.807) is 10.8 Å². The van der Waals surface area contributed by atoms with Gasteiger partial charge >= 0.3 is 0 Å². The van der Waals surface area contributed by atoms with Crippen LogP contribution in [0.1, 0.15) is 11.3 Å². The van der Waals surface area contributed by atoms with Crippen LogP contribution in [0.5, 0.6) is 0 Å². The van der Waals surface area contributed by atoms with E-state index in [1.807, 2.05) is 30.5 Å². The molecule has 0 aliphatic carbocycles. The van der Waals surface area contributed by atoms with Gasteiger partial charge in [0.15, 0.2) is 4.77 Å². The van der Waals surface area contributed by atoms with Gasteiger partial charge in [0.25, 0.3) is 5.56 Å². The Morgan fingerprint density at radius 3 is 3.00 bits per heavy atom.